The topological polar surface area (TPSA) is 104 Å². The number of aliphatic hydroxyl groups excluding tert-OH is 1. The molecule has 0 aromatic heterocycles. The van der Waals surface area contributed by atoms with E-state index in [1.807, 2.05) is 6.92 Å². The number of aliphatic hydroxyl groups is 2. The van der Waals surface area contributed by atoms with E-state index < -0.39 is 17.2 Å². The van der Waals surface area contributed by atoms with E-state index >= 15 is 0 Å². The van der Waals surface area contributed by atoms with E-state index in [-0.39, 0.29) is 41.2 Å². The van der Waals surface area contributed by atoms with Crippen molar-refractivity contribution >= 4 is 11.9 Å². The van der Waals surface area contributed by atoms with Crippen molar-refractivity contribution < 1.29 is 29.6 Å². The van der Waals surface area contributed by atoms with Gasteiger partial charge in [-0.15, -0.1) is 0 Å². The summed E-state index contributed by atoms with van der Waals surface area (Å²) in [7, 11) is 0. The molecule has 4 rings (SSSR count). The first-order chi connectivity index (χ1) is 14.4. The smallest absolute Gasteiger partial charge is 0.306 e. The molecule has 0 amide bonds. The van der Waals surface area contributed by atoms with Gasteiger partial charge >= 0.3 is 11.9 Å². The van der Waals surface area contributed by atoms with E-state index in [0.717, 1.165) is 38.5 Å². The number of ether oxygens (including phenoxy) is 1. The number of carboxylic acids is 1. The van der Waals surface area contributed by atoms with Gasteiger partial charge in [0.15, 0.2) is 0 Å². The molecule has 3 saturated carbocycles. The van der Waals surface area contributed by atoms with E-state index in [9.17, 15) is 24.9 Å². The fourth-order valence-corrected chi connectivity index (χ4v) is 8.76. The molecule has 1 aliphatic heterocycles. The molecular weight excluding hydrogens is 396 g/mol. The molecule has 6 nitrogen and oxygen atoms in total. The van der Waals surface area contributed by atoms with Crippen molar-refractivity contribution in [1.29, 1.82) is 0 Å². The fraction of sp³-hybridized carbons (Fsp3) is 0.920. The summed E-state index contributed by atoms with van der Waals surface area (Å²) in [5.74, 6) is -0.551. The molecule has 6 heteroatoms. The van der Waals surface area contributed by atoms with Crippen molar-refractivity contribution in [2.75, 3.05) is 6.61 Å². The van der Waals surface area contributed by atoms with Crippen LogP contribution in [0.3, 0.4) is 0 Å². The van der Waals surface area contributed by atoms with Gasteiger partial charge in [0.2, 0.25) is 0 Å². The number of carboxylic acid groups (broad SMARTS) is 1. The highest BCUT2D eigenvalue weighted by Crippen LogP contribution is 2.70. The van der Waals surface area contributed by atoms with Crippen molar-refractivity contribution in [3.63, 3.8) is 0 Å². The quantitative estimate of drug-likeness (QED) is 0.580. The Morgan fingerprint density at radius 1 is 1.16 bits per heavy atom. The summed E-state index contributed by atoms with van der Waals surface area (Å²) in [6.45, 7) is 7.88. The molecule has 0 radical (unpaired) electrons. The minimum absolute atomic E-state index is 0.0230. The lowest BCUT2D eigenvalue weighted by Gasteiger charge is -2.57. The van der Waals surface area contributed by atoms with Gasteiger partial charge in [0.05, 0.1) is 18.1 Å². The second-order valence-electron chi connectivity index (χ2n) is 11.9. The van der Waals surface area contributed by atoms with Gasteiger partial charge in [-0.3, -0.25) is 9.59 Å². The van der Waals surface area contributed by atoms with Crippen molar-refractivity contribution in [2.24, 2.45) is 40.4 Å². The van der Waals surface area contributed by atoms with Gasteiger partial charge in [-0.1, -0.05) is 20.8 Å². The van der Waals surface area contributed by atoms with E-state index in [0.29, 0.717) is 31.1 Å². The van der Waals surface area contributed by atoms with Crippen LogP contribution in [0.2, 0.25) is 0 Å². The molecule has 176 valence electrons. The molecule has 3 N–H and O–H groups in total. The maximum atomic E-state index is 12.2. The van der Waals surface area contributed by atoms with Crippen LogP contribution in [-0.4, -0.2) is 45.1 Å². The predicted octanol–water partition coefficient (Wildman–Crippen LogP) is 3.78. The van der Waals surface area contributed by atoms with E-state index in [2.05, 4.69) is 13.8 Å². The van der Waals surface area contributed by atoms with Gasteiger partial charge in [0.1, 0.15) is 5.60 Å². The summed E-state index contributed by atoms with van der Waals surface area (Å²) in [6, 6.07) is 0. The third kappa shape index (κ3) is 3.26. The predicted molar refractivity (Wildman–Crippen MR) is 115 cm³/mol. The van der Waals surface area contributed by atoms with Crippen LogP contribution in [0.25, 0.3) is 0 Å². The number of hydrogen-bond acceptors (Lipinski definition) is 5. The molecule has 1 saturated heterocycles. The van der Waals surface area contributed by atoms with Crippen molar-refractivity contribution in [1.82, 2.24) is 0 Å². The normalized spacial score (nSPS) is 47.7. The molecule has 9 atom stereocenters. The Bertz CT molecular complexity index is 748. The number of esters is 1. The molecule has 31 heavy (non-hydrogen) atoms. The lowest BCUT2D eigenvalue weighted by molar-refractivity contribution is -0.173. The van der Waals surface area contributed by atoms with Crippen LogP contribution in [0.5, 0.6) is 0 Å². The number of hydrogen-bond donors (Lipinski definition) is 3. The second-order valence-corrected chi connectivity index (χ2v) is 11.9. The monoisotopic (exact) mass is 436 g/mol. The first-order valence-corrected chi connectivity index (χ1v) is 12.2. The highest BCUT2D eigenvalue weighted by atomic mass is 16.6. The summed E-state index contributed by atoms with van der Waals surface area (Å²) >= 11 is 0. The van der Waals surface area contributed by atoms with Gasteiger partial charge in [-0.25, -0.2) is 0 Å². The Balaban J connectivity index is 1.69. The first kappa shape index (κ1) is 23.0. The van der Waals surface area contributed by atoms with Gasteiger partial charge in [0, 0.05) is 12.3 Å². The zero-order valence-electron chi connectivity index (χ0n) is 19.5. The lowest BCUT2D eigenvalue weighted by Crippen LogP contribution is -2.53. The summed E-state index contributed by atoms with van der Waals surface area (Å²) in [6.07, 6.45) is 7.35. The highest BCUT2D eigenvalue weighted by molar-refractivity contribution is 5.72. The van der Waals surface area contributed by atoms with Crippen molar-refractivity contribution in [3.8, 4) is 0 Å². The van der Waals surface area contributed by atoms with Crippen molar-refractivity contribution in [2.45, 2.75) is 96.7 Å². The highest BCUT2D eigenvalue weighted by Gasteiger charge is 2.65. The molecule has 1 heterocycles. The van der Waals surface area contributed by atoms with Crippen LogP contribution in [0.15, 0.2) is 0 Å². The van der Waals surface area contributed by atoms with Crippen LogP contribution in [-0.2, 0) is 14.3 Å². The number of carbonyl (C=O) groups excluding carboxylic acids is 1. The molecule has 0 aromatic carbocycles. The lowest BCUT2D eigenvalue weighted by atomic mass is 9.48. The fourth-order valence-electron chi connectivity index (χ4n) is 8.76. The van der Waals surface area contributed by atoms with Crippen LogP contribution < -0.4 is 0 Å². The Hall–Kier alpha value is -1.14. The van der Waals surface area contributed by atoms with Crippen LogP contribution in [0.4, 0.5) is 0 Å². The van der Waals surface area contributed by atoms with Gasteiger partial charge in [-0.2, -0.15) is 0 Å². The zero-order valence-corrected chi connectivity index (χ0v) is 19.5. The largest absolute Gasteiger partial charge is 0.481 e. The third-order valence-electron chi connectivity index (χ3n) is 10.7. The molecule has 0 unspecified atom stereocenters. The second kappa shape index (κ2) is 7.44. The summed E-state index contributed by atoms with van der Waals surface area (Å²) in [5, 5.41) is 30.8. The molecule has 3 aliphatic carbocycles. The Labute approximate surface area is 185 Å². The Morgan fingerprint density at radius 3 is 2.42 bits per heavy atom. The Kier molecular flexibility index (Phi) is 5.53. The van der Waals surface area contributed by atoms with E-state index in [1.54, 1.807) is 6.92 Å². The number of rotatable bonds is 4. The Morgan fingerprint density at radius 2 is 1.84 bits per heavy atom. The molecular formula is C25H40O6. The molecule has 4 fully saturated rings. The average molecular weight is 437 g/mol. The van der Waals surface area contributed by atoms with Gasteiger partial charge in [0.25, 0.3) is 0 Å². The van der Waals surface area contributed by atoms with Gasteiger partial charge < -0.3 is 20.1 Å². The SMILES string of the molecule is C[C@H](C(=O)O)[C@H]1CC[C@@]2(C)[C@H]3CC[C@@H]([C@@](C)(O)CO)[C@@]4(CCC(=O)O4)C[C@H]3CC[C@]12C. The number of fused-ring (bicyclic) bond motifs is 3. The minimum atomic E-state index is -1.29. The third-order valence-corrected chi connectivity index (χ3v) is 10.7. The molecule has 0 bridgehead atoms. The van der Waals surface area contributed by atoms with Crippen LogP contribution in [0, 0.1) is 40.4 Å². The summed E-state index contributed by atoms with van der Waals surface area (Å²) in [5.41, 5.74) is -1.98. The van der Waals surface area contributed by atoms with Crippen LogP contribution >= 0.6 is 0 Å². The van der Waals surface area contributed by atoms with Crippen molar-refractivity contribution in [3.05, 3.63) is 0 Å². The molecule has 4 aliphatic rings. The molecule has 1 spiro atoms. The maximum Gasteiger partial charge on any atom is 0.306 e. The first-order valence-electron chi connectivity index (χ1n) is 12.2. The van der Waals surface area contributed by atoms with Crippen LogP contribution in [0.1, 0.15) is 85.5 Å². The number of carbonyl (C=O) groups is 2. The summed E-state index contributed by atoms with van der Waals surface area (Å²) in [4.78, 5) is 24.0. The average Bonchev–Trinajstić information content (AvgIpc) is 3.13. The van der Waals surface area contributed by atoms with Gasteiger partial charge in [-0.05, 0) is 86.9 Å². The number of aliphatic carboxylic acids is 1. The van der Waals surface area contributed by atoms with E-state index in [1.165, 1.54) is 0 Å². The zero-order chi connectivity index (χ0) is 22.8. The minimum Gasteiger partial charge on any atom is -0.481 e. The maximum absolute atomic E-state index is 12.2. The molecule has 0 aromatic rings. The van der Waals surface area contributed by atoms with E-state index in [4.69, 9.17) is 4.74 Å². The standard InChI is InChI=1S/C25H40O6/c1-15(21(28)29)17-8-11-23(3)18-5-6-19(24(4,30)14-26)25(12-9-20(27)31-25)13-16(18)7-10-22(17,23)2/h15-19,26,30H,5-14H2,1-4H3,(H,28,29)/t15-,16+,17+,18-,19-,22+,23-,24-,25+/m0/s1. The summed E-state index contributed by atoms with van der Waals surface area (Å²) < 4.78 is 5.99.